The minimum atomic E-state index is 0.929. The zero-order valence-electron chi connectivity index (χ0n) is 14.1. The predicted molar refractivity (Wildman–Crippen MR) is 95.5 cm³/mol. The Balaban J connectivity index is 2.10. The zero-order valence-corrected chi connectivity index (χ0v) is 14.1. The molecule has 0 N–H and O–H groups in total. The molecule has 1 aromatic heterocycles. The van der Waals surface area contributed by atoms with Gasteiger partial charge in [-0.1, -0.05) is 78.2 Å². The lowest BCUT2D eigenvalue weighted by molar-refractivity contribution is 0.383. The van der Waals surface area contributed by atoms with E-state index in [2.05, 4.69) is 74.5 Å². The van der Waals surface area contributed by atoms with Gasteiger partial charge in [0.1, 0.15) is 11.5 Å². The highest BCUT2D eigenvalue weighted by atomic mass is 16.5. The summed E-state index contributed by atoms with van der Waals surface area (Å²) in [5, 5.41) is 4.39. The third-order valence-electron chi connectivity index (χ3n) is 4.19. The Labute approximate surface area is 138 Å². The second-order valence-electron chi connectivity index (χ2n) is 6.16. The molecular formula is C21H23NO. The summed E-state index contributed by atoms with van der Waals surface area (Å²) in [4.78, 5) is 0. The van der Waals surface area contributed by atoms with Crippen molar-refractivity contribution in [3.05, 3.63) is 65.4 Å². The lowest BCUT2D eigenvalue weighted by atomic mass is 9.96. The summed E-state index contributed by atoms with van der Waals surface area (Å²) in [7, 11) is 0. The first-order valence-corrected chi connectivity index (χ1v) is 8.31. The minimum absolute atomic E-state index is 0.929. The summed E-state index contributed by atoms with van der Waals surface area (Å²) in [6.45, 7) is 6.40. The number of aryl methyl sites for hydroxylation is 3. The molecule has 118 valence electrons. The van der Waals surface area contributed by atoms with Gasteiger partial charge in [-0.05, 0) is 25.8 Å². The van der Waals surface area contributed by atoms with Crippen LogP contribution in [0.15, 0.2) is 53.1 Å². The molecule has 0 fully saturated rings. The number of unbranched alkanes of at least 4 members (excludes halogenated alkanes) is 1. The molecule has 0 spiro atoms. The Morgan fingerprint density at radius 3 is 1.96 bits per heavy atom. The molecule has 2 nitrogen and oxygen atoms in total. The second-order valence-corrected chi connectivity index (χ2v) is 6.16. The van der Waals surface area contributed by atoms with Gasteiger partial charge in [0.2, 0.25) is 0 Å². The van der Waals surface area contributed by atoms with Crippen molar-refractivity contribution in [3.63, 3.8) is 0 Å². The molecule has 3 aromatic rings. The van der Waals surface area contributed by atoms with E-state index in [4.69, 9.17) is 4.52 Å². The van der Waals surface area contributed by atoms with E-state index in [1.165, 1.54) is 16.7 Å². The van der Waals surface area contributed by atoms with E-state index in [-0.39, 0.29) is 0 Å². The van der Waals surface area contributed by atoms with Gasteiger partial charge in [0, 0.05) is 12.0 Å². The highest BCUT2D eigenvalue weighted by Crippen LogP contribution is 2.35. The summed E-state index contributed by atoms with van der Waals surface area (Å²) in [6.07, 6.45) is 3.19. The molecule has 3 rings (SSSR count). The van der Waals surface area contributed by atoms with Crippen molar-refractivity contribution in [2.45, 2.75) is 40.0 Å². The molecule has 0 amide bonds. The Bertz CT molecular complexity index is 767. The largest absolute Gasteiger partial charge is 0.360 e. The molecular weight excluding hydrogens is 282 g/mol. The lowest BCUT2D eigenvalue weighted by Crippen LogP contribution is -1.89. The van der Waals surface area contributed by atoms with Crippen molar-refractivity contribution >= 4 is 0 Å². The van der Waals surface area contributed by atoms with Crippen molar-refractivity contribution in [3.8, 4) is 22.4 Å². The van der Waals surface area contributed by atoms with Gasteiger partial charge in [0.15, 0.2) is 0 Å². The van der Waals surface area contributed by atoms with E-state index in [0.29, 0.717) is 0 Å². The smallest absolute Gasteiger partial charge is 0.145 e. The number of hydrogen-bond acceptors (Lipinski definition) is 2. The van der Waals surface area contributed by atoms with Crippen molar-refractivity contribution < 1.29 is 4.52 Å². The Hall–Kier alpha value is -2.35. The quantitative estimate of drug-likeness (QED) is 0.580. The van der Waals surface area contributed by atoms with Gasteiger partial charge in [0.25, 0.3) is 0 Å². The van der Waals surface area contributed by atoms with Gasteiger partial charge in [-0.15, -0.1) is 0 Å². The van der Waals surface area contributed by atoms with Crippen LogP contribution in [-0.4, -0.2) is 5.16 Å². The molecule has 0 aliphatic rings. The Morgan fingerprint density at radius 1 is 0.826 bits per heavy atom. The molecule has 0 aliphatic heterocycles. The van der Waals surface area contributed by atoms with Crippen molar-refractivity contribution in [1.82, 2.24) is 5.16 Å². The van der Waals surface area contributed by atoms with Crippen LogP contribution in [0.1, 0.15) is 36.7 Å². The summed E-state index contributed by atoms with van der Waals surface area (Å²) >= 11 is 0. The van der Waals surface area contributed by atoms with Crippen LogP contribution >= 0.6 is 0 Å². The fourth-order valence-electron chi connectivity index (χ4n) is 2.76. The van der Waals surface area contributed by atoms with E-state index in [1.54, 1.807) is 0 Å². The minimum Gasteiger partial charge on any atom is -0.360 e. The van der Waals surface area contributed by atoms with Gasteiger partial charge in [0.05, 0.1) is 5.56 Å². The first-order chi connectivity index (χ1) is 11.2. The topological polar surface area (TPSA) is 26.0 Å². The summed E-state index contributed by atoms with van der Waals surface area (Å²) in [6, 6.07) is 17.1. The molecule has 2 aromatic carbocycles. The van der Waals surface area contributed by atoms with Crippen molar-refractivity contribution in [2.75, 3.05) is 0 Å². The molecule has 0 aliphatic carbocycles. The first kappa shape index (κ1) is 15.5. The number of nitrogens with zero attached hydrogens (tertiary/aromatic N) is 1. The maximum atomic E-state index is 5.72. The van der Waals surface area contributed by atoms with Gasteiger partial charge < -0.3 is 4.52 Å². The lowest BCUT2D eigenvalue weighted by Gasteiger charge is -2.06. The molecule has 0 saturated carbocycles. The normalized spacial score (nSPS) is 10.9. The molecule has 0 atom stereocenters. The maximum Gasteiger partial charge on any atom is 0.145 e. The summed E-state index contributed by atoms with van der Waals surface area (Å²) in [5.41, 5.74) is 6.89. The van der Waals surface area contributed by atoms with Crippen LogP contribution in [0.25, 0.3) is 22.4 Å². The summed E-state index contributed by atoms with van der Waals surface area (Å²) < 4.78 is 5.72. The van der Waals surface area contributed by atoms with E-state index in [0.717, 1.165) is 41.8 Å². The highest BCUT2D eigenvalue weighted by molar-refractivity contribution is 5.82. The highest BCUT2D eigenvalue weighted by Gasteiger charge is 2.18. The maximum absolute atomic E-state index is 5.72. The fraction of sp³-hybridized carbons (Fsp3) is 0.286. The van der Waals surface area contributed by atoms with E-state index in [1.807, 2.05) is 0 Å². The van der Waals surface area contributed by atoms with E-state index >= 15 is 0 Å². The van der Waals surface area contributed by atoms with Crippen LogP contribution in [0.3, 0.4) is 0 Å². The van der Waals surface area contributed by atoms with E-state index in [9.17, 15) is 0 Å². The van der Waals surface area contributed by atoms with Crippen LogP contribution < -0.4 is 0 Å². The van der Waals surface area contributed by atoms with Crippen molar-refractivity contribution in [2.24, 2.45) is 0 Å². The van der Waals surface area contributed by atoms with Gasteiger partial charge in [-0.25, -0.2) is 0 Å². The van der Waals surface area contributed by atoms with Crippen LogP contribution in [0, 0.1) is 13.8 Å². The van der Waals surface area contributed by atoms with Gasteiger partial charge >= 0.3 is 0 Å². The SMILES string of the molecule is CCCCc1onc(-c2ccc(C)cc2)c1-c1ccc(C)cc1. The van der Waals surface area contributed by atoms with Crippen LogP contribution in [-0.2, 0) is 6.42 Å². The standard InChI is InChI=1S/C21H23NO/c1-4-5-6-19-20(17-11-7-15(2)8-12-17)21(22-23-19)18-13-9-16(3)10-14-18/h7-14H,4-6H2,1-3H3. The molecule has 23 heavy (non-hydrogen) atoms. The molecule has 1 heterocycles. The average Bonchev–Trinajstić information content (AvgIpc) is 2.98. The van der Waals surface area contributed by atoms with Crippen LogP contribution in [0.2, 0.25) is 0 Å². The second kappa shape index (κ2) is 6.82. The molecule has 0 radical (unpaired) electrons. The van der Waals surface area contributed by atoms with Crippen molar-refractivity contribution in [1.29, 1.82) is 0 Å². The van der Waals surface area contributed by atoms with E-state index < -0.39 is 0 Å². The van der Waals surface area contributed by atoms with Crippen LogP contribution in [0.4, 0.5) is 0 Å². The number of hydrogen-bond donors (Lipinski definition) is 0. The number of rotatable bonds is 5. The monoisotopic (exact) mass is 305 g/mol. The third kappa shape index (κ3) is 3.37. The van der Waals surface area contributed by atoms with Gasteiger partial charge in [-0.3, -0.25) is 0 Å². The molecule has 2 heteroatoms. The third-order valence-corrected chi connectivity index (χ3v) is 4.19. The van der Waals surface area contributed by atoms with Crippen LogP contribution in [0.5, 0.6) is 0 Å². The first-order valence-electron chi connectivity index (χ1n) is 8.31. The number of aromatic nitrogens is 1. The Morgan fingerprint density at radius 2 is 1.39 bits per heavy atom. The molecule has 0 saturated heterocycles. The fourth-order valence-corrected chi connectivity index (χ4v) is 2.76. The summed E-state index contributed by atoms with van der Waals surface area (Å²) in [5.74, 6) is 0.992. The molecule has 0 unspecified atom stereocenters. The average molecular weight is 305 g/mol. The molecule has 0 bridgehead atoms. The Kier molecular flexibility index (Phi) is 4.61. The van der Waals surface area contributed by atoms with Gasteiger partial charge in [-0.2, -0.15) is 0 Å². The predicted octanol–water partition coefficient (Wildman–Crippen LogP) is 5.97. The zero-order chi connectivity index (χ0) is 16.2. The number of benzene rings is 2.